The molecule has 1 atom stereocenters. The fourth-order valence-electron chi connectivity index (χ4n) is 4.99. The zero-order valence-corrected chi connectivity index (χ0v) is 21.2. The van der Waals surface area contributed by atoms with Crippen LogP contribution in [0.2, 0.25) is 0 Å². The standard InChI is InChI=1S/C30H30N2O3S/c1-35-18-7-16-31(30(34)25-13-12-22-8-5-6-11-24(22)20-25)21-28(33)32-17-14-27-26(15-19-36-27)29(32)23-9-3-2-4-10-23/h2-6,8-13,15,19-20,29H,7,14,16-18,21H2,1H3. The topological polar surface area (TPSA) is 49.9 Å². The average molecular weight is 499 g/mol. The summed E-state index contributed by atoms with van der Waals surface area (Å²) in [4.78, 5) is 32.4. The van der Waals surface area contributed by atoms with Crippen LogP contribution in [0, 0.1) is 0 Å². The molecule has 6 heteroatoms. The van der Waals surface area contributed by atoms with Gasteiger partial charge in [0.25, 0.3) is 5.91 Å². The third kappa shape index (κ3) is 5.06. The lowest BCUT2D eigenvalue weighted by Crippen LogP contribution is -2.47. The second-order valence-corrected chi connectivity index (χ2v) is 10.1. The summed E-state index contributed by atoms with van der Waals surface area (Å²) in [6.45, 7) is 1.67. The number of benzene rings is 3. The van der Waals surface area contributed by atoms with Crippen LogP contribution in [0.25, 0.3) is 10.8 Å². The van der Waals surface area contributed by atoms with Gasteiger partial charge in [0, 0.05) is 37.2 Å². The van der Waals surface area contributed by atoms with Crippen molar-refractivity contribution in [2.24, 2.45) is 0 Å². The minimum Gasteiger partial charge on any atom is -0.385 e. The maximum atomic E-state index is 13.8. The van der Waals surface area contributed by atoms with E-state index in [9.17, 15) is 9.59 Å². The van der Waals surface area contributed by atoms with Gasteiger partial charge in [-0.2, -0.15) is 0 Å². The van der Waals surface area contributed by atoms with Gasteiger partial charge >= 0.3 is 0 Å². The van der Waals surface area contributed by atoms with E-state index in [2.05, 4.69) is 23.6 Å². The Hall–Kier alpha value is -3.48. The van der Waals surface area contributed by atoms with Crippen LogP contribution >= 0.6 is 11.3 Å². The molecule has 0 saturated heterocycles. The third-order valence-corrected chi connectivity index (χ3v) is 7.78. The van der Waals surface area contributed by atoms with Crippen molar-refractivity contribution >= 4 is 33.9 Å². The summed E-state index contributed by atoms with van der Waals surface area (Å²) < 4.78 is 5.23. The zero-order chi connectivity index (χ0) is 24.9. The molecule has 5 nitrogen and oxygen atoms in total. The SMILES string of the molecule is COCCCN(CC(=O)N1CCc2sccc2C1c1ccccc1)C(=O)c1ccc2ccccc2c1. The van der Waals surface area contributed by atoms with E-state index in [1.165, 1.54) is 10.4 Å². The van der Waals surface area contributed by atoms with E-state index in [4.69, 9.17) is 4.74 Å². The average Bonchev–Trinajstić information content (AvgIpc) is 3.41. The van der Waals surface area contributed by atoms with Crippen molar-refractivity contribution in [3.05, 3.63) is 106 Å². The summed E-state index contributed by atoms with van der Waals surface area (Å²) >= 11 is 1.75. The van der Waals surface area contributed by atoms with Crippen molar-refractivity contribution in [2.75, 3.05) is 33.4 Å². The van der Waals surface area contributed by atoms with Gasteiger partial charge in [-0.3, -0.25) is 9.59 Å². The number of thiophene rings is 1. The smallest absolute Gasteiger partial charge is 0.254 e. The van der Waals surface area contributed by atoms with Crippen LogP contribution in [-0.2, 0) is 16.0 Å². The maximum absolute atomic E-state index is 13.8. The Morgan fingerprint density at radius 3 is 2.58 bits per heavy atom. The molecule has 1 aliphatic rings. The van der Waals surface area contributed by atoms with Gasteiger partial charge < -0.3 is 14.5 Å². The monoisotopic (exact) mass is 498 g/mol. The number of carbonyl (C=O) groups excluding carboxylic acids is 2. The molecule has 0 aliphatic carbocycles. The lowest BCUT2D eigenvalue weighted by molar-refractivity contribution is -0.134. The summed E-state index contributed by atoms with van der Waals surface area (Å²) in [7, 11) is 1.65. The van der Waals surface area contributed by atoms with Crippen molar-refractivity contribution < 1.29 is 14.3 Å². The van der Waals surface area contributed by atoms with E-state index in [1.54, 1.807) is 23.3 Å². The molecule has 1 aliphatic heterocycles. The van der Waals surface area contributed by atoms with Gasteiger partial charge in [0.1, 0.15) is 6.54 Å². The molecule has 2 heterocycles. The number of carbonyl (C=O) groups is 2. The van der Waals surface area contributed by atoms with Crippen molar-refractivity contribution in [1.82, 2.24) is 9.80 Å². The van der Waals surface area contributed by atoms with E-state index in [1.807, 2.05) is 65.6 Å². The van der Waals surface area contributed by atoms with Crippen molar-refractivity contribution in [3.8, 4) is 0 Å². The number of ether oxygens (including phenoxy) is 1. The van der Waals surface area contributed by atoms with E-state index >= 15 is 0 Å². The van der Waals surface area contributed by atoms with Gasteiger partial charge in [-0.25, -0.2) is 0 Å². The molecule has 5 rings (SSSR count). The Balaban J connectivity index is 1.41. The third-order valence-electron chi connectivity index (χ3n) is 6.79. The molecule has 1 unspecified atom stereocenters. The largest absolute Gasteiger partial charge is 0.385 e. The van der Waals surface area contributed by atoms with Crippen molar-refractivity contribution in [1.29, 1.82) is 0 Å². The van der Waals surface area contributed by atoms with Gasteiger partial charge in [-0.05, 0) is 58.3 Å². The summed E-state index contributed by atoms with van der Waals surface area (Å²) in [5.41, 5.74) is 2.88. The molecule has 3 aromatic carbocycles. The lowest BCUT2D eigenvalue weighted by Gasteiger charge is -2.37. The van der Waals surface area contributed by atoms with Crippen LogP contribution in [0.15, 0.2) is 84.2 Å². The molecule has 4 aromatic rings. The van der Waals surface area contributed by atoms with Crippen LogP contribution in [0.4, 0.5) is 0 Å². The Labute approximate surface area is 215 Å². The first-order valence-electron chi connectivity index (χ1n) is 12.3. The lowest BCUT2D eigenvalue weighted by atomic mass is 9.93. The normalized spacial score (nSPS) is 15.0. The van der Waals surface area contributed by atoms with E-state index in [0.29, 0.717) is 31.7 Å². The molecule has 36 heavy (non-hydrogen) atoms. The predicted molar refractivity (Wildman–Crippen MR) is 144 cm³/mol. The predicted octanol–water partition coefficient (Wildman–Crippen LogP) is 5.55. The second kappa shape index (κ2) is 11.1. The van der Waals surface area contributed by atoms with Crippen molar-refractivity contribution in [2.45, 2.75) is 18.9 Å². The van der Waals surface area contributed by atoms with Crippen LogP contribution < -0.4 is 0 Å². The van der Waals surface area contributed by atoms with Crippen LogP contribution in [-0.4, -0.2) is 55.0 Å². The number of hydrogen-bond acceptors (Lipinski definition) is 4. The second-order valence-electron chi connectivity index (χ2n) is 9.08. The Kier molecular flexibility index (Phi) is 7.44. The van der Waals surface area contributed by atoms with Gasteiger partial charge in [0.15, 0.2) is 0 Å². The highest BCUT2D eigenvalue weighted by Gasteiger charge is 2.34. The quantitative estimate of drug-likeness (QED) is 0.299. The Morgan fingerprint density at radius 1 is 1.00 bits per heavy atom. The first-order chi connectivity index (χ1) is 17.7. The first kappa shape index (κ1) is 24.2. The van der Waals surface area contributed by atoms with Gasteiger partial charge in [-0.15, -0.1) is 11.3 Å². The molecular formula is C30H30N2O3S. The first-order valence-corrected chi connectivity index (χ1v) is 13.2. The molecule has 184 valence electrons. The number of methoxy groups -OCH3 is 1. The summed E-state index contributed by atoms with van der Waals surface area (Å²) in [6.07, 6.45) is 1.50. The van der Waals surface area contributed by atoms with E-state index in [0.717, 1.165) is 22.8 Å². The molecule has 1 aromatic heterocycles. The molecule has 0 saturated carbocycles. The van der Waals surface area contributed by atoms with Crippen molar-refractivity contribution in [3.63, 3.8) is 0 Å². The highest BCUT2D eigenvalue weighted by molar-refractivity contribution is 7.10. The highest BCUT2D eigenvalue weighted by atomic mass is 32.1. The zero-order valence-electron chi connectivity index (χ0n) is 20.4. The Morgan fingerprint density at radius 2 is 1.78 bits per heavy atom. The summed E-state index contributed by atoms with van der Waals surface area (Å²) in [5.74, 6) is -0.165. The minimum absolute atomic E-state index is 0.0349. The maximum Gasteiger partial charge on any atom is 0.254 e. The van der Waals surface area contributed by atoms with E-state index < -0.39 is 0 Å². The van der Waals surface area contributed by atoms with Gasteiger partial charge in [-0.1, -0.05) is 60.7 Å². The highest BCUT2D eigenvalue weighted by Crippen LogP contribution is 2.37. The fraction of sp³-hybridized carbons (Fsp3) is 0.267. The number of hydrogen-bond donors (Lipinski definition) is 0. The minimum atomic E-state index is -0.134. The van der Waals surface area contributed by atoms with Crippen LogP contribution in [0.5, 0.6) is 0 Å². The number of fused-ring (bicyclic) bond motifs is 2. The summed E-state index contributed by atoms with van der Waals surface area (Å²) in [6, 6.07) is 25.9. The number of amides is 2. The molecular weight excluding hydrogens is 468 g/mol. The molecule has 0 N–H and O–H groups in total. The van der Waals surface area contributed by atoms with Crippen LogP contribution in [0.3, 0.4) is 0 Å². The molecule has 0 bridgehead atoms. The Bertz CT molecular complexity index is 1350. The number of nitrogens with zero attached hydrogens (tertiary/aromatic N) is 2. The number of rotatable bonds is 8. The van der Waals surface area contributed by atoms with Gasteiger partial charge in [0.2, 0.25) is 5.91 Å². The molecule has 0 radical (unpaired) electrons. The fourth-order valence-corrected chi connectivity index (χ4v) is 5.89. The molecule has 0 spiro atoms. The molecule has 0 fully saturated rings. The summed E-state index contributed by atoms with van der Waals surface area (Å²) in [5, 5.41) is 4.20. The molecule has 2 amide bonds. The van der Waals surface area contributed by atoms with Crippen LogP contribution in [0.1, 0.15) is 38.8 Å². The van der Waals surface area contributed by atoms with E-state index in [-0.39, 0.29) is 24.4 Å². The van der Waals surface area contributed by atoms with Gasteiger partial charge in [0.05, 0.1) is 6.04 Å².